The maximum Gasteiger partial charge on any atom is 0.331 e. The van der Waals surface area contributed by atoms with Crippen LogP contribution in [0.1, 0.15) is 18.1 Å². The Morgan fingerprint density at radius 2 is 1.71 bits per heavy atom. The zero-order valence-electron chi connectivity index (χ0n) is 15.9. The molecule has 2 rings (SSSR count). The maximum atomic E-state index is 12.0. The molecule has 0 bridgehead atoms. The zero-order valence-corrected chi connectivity index (χ0v) is 15.9. The van der Waals surface area contributed by atoms with Gasteiger partial charge in [0.2, 0.25) is 0 Å². The van der Waals surface area contributed by atoms with E-state index in [0.717, 1.165) is 5.56 Å². The lowest BCUT2D eigenvalue weighted by Gasteiger charge is -2.16. The van der Waals surface area contributed by atoms with E-state index in [1.165, 1.54) is 20.1 Å². The molecule has 0 heterocycles. The summed E-state index contributed by atoms with van der Waals surface area (Å²) < 4.78 is 10.1. The van der Waals surface area contributed by atoms with Crippen molar-refractivity contribution in [2.75, 3.05) is 13.7 Å². The molecule has 0 aromatic heterocycles. The number of hydrogen-bond donors (Lipinski definition) is 1. The summed E-state index contributed by atoms with van der Waals surface area (Å²) in [4.78, 5) is 35.7. The Morgan fingerprint density at radius 1 is 1.04 bits per heavy atom. The van der Waals surface area contributed by atoms with E-state index in [-0.39, 0.29) is 5.78 Å². The van der Waals surface area contributed by atoms with Gasteiger partial charge in [0.25, 0.3) is 5.91 Å². The molecule has 6 nitrogen and oxygen atoms in total. The minimum atomic E-state index is -0.669. The van der Waals surface area contributed by atoms with Crippen molar-refractivity contribution in [2.24, 2.45) is 0 Å². The van der Waals surface area contributed by atoms with Crippen LogP contribution < -0.4 is 10.1 Å². The average molecular weight is 381 g/mol. The first-order valence-electron chi connectivity index (χ1n) is 8.81. The molecule has 0 aliphatic carbocycles. The molecule has 0 saturated heterocycles. The summed E-state index contributed by atoms with van der Waals surface area (Å²) in [5.41, 5.74) is 1.64. The van der Waals surface area contributed by atoms with Crippen LogP contribution in [0, 0.1) is 0 Å². The van der Waals surface area contributed by atoms with E-state index < -0.39 is 24.5 Å². The molecule has 6 heteroatoms. The first-order chi connectivity index (χ1) is 13.5. The zero-order chi connectivity index (χ0) is 20.4. The van der Waals surface area contributed by atoms with Crippen LogP contribution in [-0.2, 0) is 25.5 Å². The summed E-state index contributed by atoms with van der Waals surface area (Å²) in [7, 11) is 1.54. The fourth-order valence-corrected chi connectivity index (χ4v) is 2.53. The van der Waals surface area contributed by atoms with Crippen molar-refractivity contribution >= 4 is 23.7 Å². The molecule has 2 aromatic carbocycles. The van der Waals surface area contributed by atoms with Gasteiger partial charge >= 0.3 is 5.97 Å². The molecule has 0 radical (unpaired) electrons. The van der Waals surface area contributed by atoms with Crippen molar-refractivity contribution in [2.45, 2.75) is 19.4 Å². The molecule has 1 amide bonds. The highest BCUT2D eigenvalue weighted by Crippen LogP contribution is 2.18. The molecule has 0 spiro atoms. The summed E-state index contributed by atoms with van der Waals surface area (Å²) in [5.74, 6) is -0.743. The molecule has 1 N–H and O–H groups in total. The number of para-hydroxylation sites is 1. The van der Waals surface area contributed by atoms with Crippen molar-refractivity contribution < 1.29 is 23.9 Å². The molecular formula is C22H23NO5. The van der Waals surface area contributed by atoms with Crippen molar-refractivity contribution in [1.82, 2.24) is 5.32 Å². The number of ether oxygens (including phenoxy) is 2. The summed E-state index contributed by atoms with van der Waals surface area (Å²) in [5, 5.41) is 2.60. The van der Waals surface area contributed by atoms with Crippen molar-refractivity contribution in [1.29, 1.82) is 0 Å². The Hall–Kier alpha value is -3.41. The molecule has 28 heavy (non-hydrogen) atoms. The van der Waals surface area contributed by atoms with Gasteiger partial charge in [-0.25, -0.2) is 4.79 Å². The number of carbonyl (C=O) groups excluding carboxylic acids is 3. The Morgan fingerprint density at radius 3 is 2.39 bits per heavy atom. The first-order valence-corrected chi connectivity index (χ1v) is 8.81. The van der Waals surface area contributed by atoms with E-state index in [0.29, 0.717) is 17.7 Å². The molecule has 2 aromatic rings. The SMILES string of the molecule is COc1ccccc1/C=C/C(=O)OCC(=O)NC(Cc1ccccc1)C(C)=O. The third-order valence-electron chi connectivity index (χ3n) is 3.99. The number of ketones is 1. The number of esters is 1. The third kappa shape index (κ3) is 6.72. The van der Waals surface area contributed by atoms with Crippen LogP contribution >= 0.6 is 0 Å². The van der Waals surface area contributed by atoms with Gasteiger partial charge in [-0.05, 0) is 31.1 Å². The molecular weight excluding hydrogens is 358 g/mol. The Kier molecular flexibility index (Phi) is 7.96. The van der Waals surface area contributed by atoms with Crippen LogP contribution in [0.2, 0.25) is 0 Å². The van der Waals surface area contributed by atoms with Gasteiger partial charge in [0.1, 0.15) is 5.75 Å². The maximum absolute atomic E-state index is 12.0. The first kappa shape index (κ1) is 20.9. The highest BCUT2D eigenvalue weighted by Gasteiger charge is 2.18. The van der Waals surface area contributed by atoms with Crippen LogP contribution in [0.4, 0.5) is 0 Å². The van der Waals surface area contributed by atoms with E-state index >= 15 is 0 Å². The summed E-state index contributed by atoms with van der Waals surface area (Å²) in [6, 6.07) is 15.9. The second-order valence-corrected chi connectivity index (χ2v) is 6.10. The number of hydrogen-bond acceptors (Lipinski definition) is 5. The molecule has 1 atom stereocenters. The Labute approximate surface area is 164 Å². The van der Waals surface area contributed by atoms with Gasteiger partial charge < -0.3 is 14.8 Å². The molecule has 0 fully saturated rings. The molecule has 0 saturated carbocycles. The van der Waals surface area contributed by atoms with E-state index in [1.807, 2.05) is 42.5 Å². The van der Waals surface area contributed by atoms with Crippen LogP contribution in [-0.4, -0.2) is 37.4 Å². The van der Waals surface area contributed by atoms with E-state index in [1.54, 1.807) is 18.2 Å². The minimum Gasteiger partial charge on any atom is -0.496 e. The van der Waals surface area contributed by atoms with Crippen molar-refractivity contribution in [3.63, 3.8) is 0 Å². The largest absolute Gasteiger partial charge is 0.496 e. The normalized spacial score (nSPS) is 11.6. The number of methoxy groups -OCH3 is 1. The highest BCUT2D eigenvalue weighted by atomic mass is 16.5. The summed E-state index contributed by atoms with van der Waals surface area (Å²) >= 11 is 0. The quantitative estimate of drug-likeness (QED) is 0.533. The van der Waals surface area contributed by atoms with E-state index in [4.69, 9.17) is 9.47 Å². The molecule has 0 aliphatic rings. The van der Waals surface area contributed by atoms with Crippen molar-refractivity contribution in [3.8, 4) is 5.75 Å². The van der Waals surface area contributed by atoms with Crippen LogP contribution in [0.3, 0.4) is 0 Å². The second kappa shape index (κ2) is 10.7. The monoisotopic (exact) mass is 381 g/mol. The van der Waals surface area contributed by atoms with Gasteiger partial charge in [-0.1, -0.05) is 48.5 Å². The number of nitrogens with one attached hydrogen (secondary N) is 1. The standard InChI is InChI=1S/C22H23NO5/c1-16(24)19(14-17-8-4-3-5-9-17)23-21(25)15-28-22(26)13-12-18-10-6-7-11-20(18)27-2/h3-13,19H,14-15H2,1-2H3,(H,23,25)/b13-12+. The number of rotatable bonds is 9. The van der Waals surface area contributed by atoms with E-state index in [2.05, 4.69) is 5.32 Å². The minimum absolute atomic E-state index is 0.167. The number of amides is 1. The number of benzene rings is 2. The van der Waals surface area contributed by atoms with Crippen molar-refractivity contribution in [3.05, 3.63) is 71.8 Å². The van der Waals surface area contributed by atoms with Gasteiger partial charge in [0.15, 0.2) is 12.4 Å². The fourth-order valence-electron chi connectivity index (χ4n) is 2.53. The van der Waals surface area contributed by atoms with E-state index in [9.17, 15) is 14.4 Å². The smallest absolute Gasteiger partial charge is 0.331 e. The lowest BCUT2D eigenvalue weighted by molar-refractivity contribution is -0.144. The predicted octanol–water partition coefficient (Wildman–Crippen LogP) is 2.57. The Bertz CT molecular complexity index is 845. The topological polar surface area (TPSA) is 81.7 Å². The lowest BCUT2D eigenvalue weighted by Crippen LogP contribution is -2.43. The van der Waals surface area contributed by atoms with Crippen LogP contribution in [0.15, 0.2) is 60.7 Å². The third-order valence-corrected chi connectivity index (χ3v) is 3.99. The average Bonchev–Trinajstić information content (AvgIpc) is 2.71. The summed E-state index contributed by atoms with van der Waals surface area (Å²) in [6.07, 6.45) is 3.15. The van der Waals surface area contributed by atoms with Gasteiger partial charge in [0.05, 0.1) is 13.2 Å². The van der Waals surface area contributed by atoms with Crippen LogP contribution in [0.25, 0.3) is 6.08 Å². The molecule has 1 unspecified atom stereocenters. The number of Topliss-reactive ketones (excluding diaryl/α,β-unsaturated/α-hetero) is 1. The lowest BCUT2D eigenvalue weighted by atomic mass is 10.0. The van der Waals surface area contributed by atoms with Gasteiger partial charge in [-0.15, -0.1) is 0 Å². The van der Waals surface area contributed by atoms with Gasteiger partial charge in [-0.3, -0.25) is 9.59 Å². The van der Waals surface area contributed by atoms with Gasteiger partial charge in [0, 0.05) is 11.6 Å². The molecule has 146 valence electrons. The number of carbonyl (C=O) groups is 3. The summed E-state index contributed by atoms with van der Waals surface area (Å²) in [6.45, 7) is 0.948. The Balaban J connectivity index is 1.85. The predicted molar refractivity (Wildman–Crippen MR) is 106 cm³/mol. The fraction of sp³-hybridized carbons (Fsp3) is 0.227. The van der Waals surface area contributed by atoms with Crippen LogP contribution in [0.5, 0.6) is 5.75 Å². The second-order valence-electron chi connectivity index (χ2n) is 6.10. The molecule has 0 aliphatic heterocycles. The van der Waals surface area contributed by atoms with Gasteiger partial charge in [-0.2, -0.15) is 0 Å². The highest BCUT2D eigenvalue weighted by molar-refractivity contribution is 5.91.